The fraction of sp³-hybridized carbons (Fsp3) is 0.133. The molecule has 3 heterocycles. The number of aromatic amines is 1. The summed E-state index contributed by atoms with van der Waals surface area (Å²) in [6.07, 6.45) is 0.352. The molecular formula is C15H12N6O4. The number of H-pyrrole nitrogens is 1. The van der Waals surface area contributed by atoms with Crippen molar-refractivity contribution in [2.75, 3.05) is 6.54 Å². The van der Waals surface area contributed by atoms with E-state index in [9.17, 15) is 19.7 Å². The van der Waals surface area contributed by atoms with Crippen LogP contribution in [-0.2, 0) is 4.79 Å². The molecule has 5 N–H and O–H groups in total. The molecule has 25 heavy (non-hydrogen) atoms. The van der Waals surface area contributed by atoms with Crippen molar-refractivity contribution in [2.45, 2.75) is 6.42 Å². The number of nitro groups is 1. The molecule has 4 rings (SSSR count). The van der Waals surface area contributed by atoms with Crippen molar-refractivity contribution in [3.63, 3.8) is 0 Å². The highest BCUT2D eigenvalue weighted by Crippen LogP contribution is 2.37. The van der Waals surface area contributed by atoms with Gasteiger partial charge in [0, 0.05) is 23.6 Å². The number of fused-ring (bicyclic) bond motifs is 3. The van der Waals surface area contributed by atoms with Crippen LogP contribution in [-0.4, -0.2) is 34.2 Å². The molecule has 2 aliphatic rings. The third-order valence-corrected chi connectivity index (χ3v) is 4.19. The van der Waals surface area contributed by atoms with Gasteiger partial charge in [0.05, 0.1) is 4.92 Å². The van der Waals surface area contributed by atoms with Gasteiger partial charge in [0.15, 0.2) is 0 Å². The SMILES string of the molecule is NC1=NC(=O)/C(=C2\CCNC(=O)c3[nH]c4c([N+](=O)[O-])cccc4c32)N1. The molecule has 0 fully saturated rings. The van der Waals surface area contributed by atoms with Crippen LogP contribution in [0.2, 0.25) is 0 Å². The third kappa shape index (κ3) is 2.15. The number of aromatic nitrogens is 1. The van der Waals surface area contributed by atoms with E-state index in [0.29, 0.717) is 29.5 Å². The van der Waals surface area contributed by atoms with Crippen LogP contribution in [0.3, 0.4) is 0 Å². The summed E-state index contributed by atoms with van der Waals surface area (Å²) in [5, 5.41) is 17.2. The molecule has 2 aliphatic heterocycles. The van der Waals surface area contributed by atoms with E-state index in [-0.39, 0.29) is 28.6 Å². The van der Waals surface area contributed by atoms with Gasteiger partial charge in [-0.1, -0.05) is 12.1 Å². The highest BCUT2D eigenvalue weighted by molar-refractivity contribution is 6.17. The number of benzene rings is 1. The second-order valence-corrected chi connectivity index (χ2v) is 5.62. The van der Waals surface area contributed by atoms with Crippen molar-refractivity contribution >= 4 is 39.9 Å². The number of hydrogen-bond acceptors (Lipinski definition) is 6. The summed E-state index contributed by atoms with van der Waals surface area (Å²) in [6.45, 7) is 0.311. The van der Waals surface area contributed by atoms with Crippen LogP contribution < -0.4 is 16.4 Å². The largest absolute Gasteiger partial charge is 0.369 e. The molecular weight excluding hydrogens is 328 g/mol. The smallest absolute Gasteiger partial charge is 0.296 e. The van der Waals surface area contributed by atoms with Crippen LogP contribution in [0.25, 0.3) is 16.5 Å². The number of carbonyl (C=O) groups is 2. The Kier molecular flexibility index (Phi) is 3.07. The molecule has 2 aromatic rings. The fourth-order valence-electron chi connectivity index (χ4n) is 3.18. The minimum Gasteiger partial charge on any atom is -0.369 e. The maximum atomic E-state index is 12.4. The van der Waals surface area contributed by atoms with E-state index >= 15 is 0 Å². The van der Waals surface area contributed by atoms with Gasteiger partial charge in [-0.25, -0.2) is 0 Å². The summed E-state index contributed by atoms with van der Waals surface area (Å²) in [5.74, 6) is -0.952. The van der Waals surface area contributed by atoms with Gasteiger partial charge in [0.2, 0.25) is 5.96 Å². The van der Waals surface area contributed by atoms with Crippen molar-refractivity contribution in [3.8, 4) is 0 Å². The van der Waals surface area contributed by atoms with Crippen molar-refractivity contribution in [1.29, 1.82) is 0 Å². The summed E-state index contributed by atoms with van der Waals surface area (Å²) in [7, 11) is 0. The lowest BCUT2D eigenvalue weighted by atomic mass is 9.97. The number of non-ortho nitro benzene ring substituents is 1. The summed E-state index contributed by atoms with van der Waals surface area (Å²) in [4.78, 5) is 41.7. The monoisotopic (exact) mass is 340 g/mol. The lowest BCUT2D eigenvalue weighted by molar-refractivity contribution is -0.383. The average molecular weight is 340 g/mol. The molecule has 10 nitrogen and oxygen atoms in total. The summed E-state index contributed by atoms with van der Waals surface area (Å²) >= 11 is 0. The molecule has 0 saturated carbocycles. The number of guanidine groups is 1. The van der Waals surface area contributed by atoms with E-state index in [1.54, 1.807) is 6.07 Å². The Morgan fingerprint density at radius 3 is 2.76 bits per heavy atom. The number of nitrogens with two attached hydrogens (primary N) is 1. The molecule has 0 radical (unpaired) electrons. The number of aliphatic imine (C=N–C) groups is 1. The molecule has 0 unspecified atom stereocenters. The maximum Gasteiger partial charge on any atom is 0.296 e. The highest BCUT2D eigenvalue weighted by Gasteiger charge is 2.31. The van der Waals surface area contributed by atoms with Gasteiger partial charge in [-0.3, -0.25) is 19.7 Å². The zero-order chi connectivity index (χ0) is 17.7. The van der Waals surface area contributed by atoms with Crippen LogP contribution in [0.4, 0.5) is 5.69 Å². The van der Waals surface area contributed by atoms with Crippen LogP contribution >= 0.6 is 0 Å². The van der Waals surface area contributed by atoms with Gasteiger partial charge in [-0.15, -0.1) is 0 Å². The molecule has 0 bridgehead atoms. The first-order valence-electron chi connectivity index (χ1n) is 7.43. The maximum absolute atomic E-state index is 12.4. The highest BCUT2D eigenvalue weighted by atomic mass is 16.6. The van der Waals surface area contributed by atoms with Gasteiger partial charge in [0.25, 0.3) is 17.5 Å². The molecule has 126 valence electrons. The van der Waals surface area contributed by atoms with Gasteiger partial charge in [0.1, 0.15) is 16.9 Å². The van der Waals surface area contributed by atoms with E-state index in [0.717, 1.165) is 0 Å². The third-order valence-electron chi connectivity index (χ3n) is 4.19. The lowest BCUT2D eigenvalue weighted by Crippen LogP contribution is -2.26. The fourth-order valence-corrected chi connectivity index (χ4v) is 3.18. The number of nitrogens with one attached hydrogen (secondary N) is 3. The predicted molar refractivity (Wildman–Crippen MR) is 88.6 cm³/mol. The van der Waals surface area contributed by atoms with Gasteiger partial charge < -0.3 is 21.4 Å². The van der Waals surface area contributed by atoms with Crippen LogP contribution in [0.5, 0.6) is 0 Å². The first kappa shape index (κ1) is 14.9. The van der Waals surface area contributed by atoms with E-state index in [1.807, 2.05) is 0 Å². The minimum atomic E-state index is -0.535. The average Bonchev–Trinajstić information content (AvgIpc) is 3.06. The Labute approximate surface area is 139 Å². The van der Waals surface area contributed by atoms with Crippen molar-refractivity contribution < 1.29 is 14.5 Å². The summed E-state index contributed by atoms with van der Waals surface area (Å²) < 4.78 is 0. The van der Waals surface area contributed by atoms with Crippen LogP contribution in [0.15, 0.2) is 28.9 Å². The summed E-state index contributed by atoms with van der Waals surface area (Å²) in [5.41, 5.74) is 6.99. The molecule has 2 amide bonds. The first-order chi connectivity index (χ1) is 12.0. The molecule has 0 atom stereocenters. The van der Waals surface area contributed by atoms with Crippen molar-refractivity contribution in [3.05, 3.63) is 45.3 Å². The first-order valence-corrected chi connectivity index (χ1v) is 7.43. The number of carbonyl (C=O) groups excluding carboxylic acids is 2. The molecule has 10 heteroatoms. The Morgan fingerprint density at radius 1 is 1.28 bits per heavy atom. The Bertz CT molecular complexity index is 1030. The van der Waals surface area contributed by atoms with Crippen molar-refractivity contribution in [2.24, 2.45) is 10.7 Å². The van der Waals surface area contributed by atoms with E-state index in [4.69, 9.17) is 5.73 Å². The normalized spacial score (nSPS) is 19.9. The number of rotatable bonds is 1. The van der Waals surface area contributed by atoms with Crippen LogP contribution in [0.1, 0.15) is 22.5 Å². The van der Waals surface area contributed by atoms with Crippen molar-refractivity contribution in [1.82, 2.24) is 15.6 Å². The lowest BCUT2D eigenvalue weighted by Gasteiger charge is -2.08. The second kappa shape index (κ2) is 5.16. The molecule has 1 aromatic heterocycles. The Balaban J connectivity index is 2.07. The van der Waals surface area contributed by atoms with E-state index < -0.39 is 16.7 Å². The Hall–Kier alpha value is -3.69. The second-order valence-electron chi connectivity index (χ2n) is 5.62. The number of nitrogens with zero attached hydrogens (tertiary/aromatic N) is 2. The zero-order valence-corrected chi connectivity index (χ0v) is 12.8. The van der Waals surface area contributed by atoms with Gasteiger partial charge >= 0.3 is 0 Å². The quantitative estimate of drug-likeness (QED) is 0.334. The van der Waals surface area contributed by atoms with Gasteiger partial charge in [-0.05, 0) is 12.0 Å². The van der Waals surface area contributed by atoms with Crippen LogP contribution in [0, 0.1) is 10.1 Å². The number of nitro benzene ring substituents is 1. The minimum absolute atomic E-state index is 0.0246. The van der Waals surface area contributed by atoms with E-state index in [2.05, 4.69) is 20.6 Å². The Morgan fingerprint density at radius 2 is 2.08 bits per heavy atom. The van der Waals surface area contributed by atoms with Gasteiger partial charge in [-0.2, -0.15) is 4.99 Å². The molecule has 0 spiro atoms. The van der Waals surface area contributed by atoms with E-state index in [1.165, 1.54) is 12.1 Å². The number of hydrogen-bond donors (Lipinski definition) is 4. The zero-order valence-electron chi connectivity index (χ0n) is 12.8. The molecule has 1 aromatic carbocycles. The molecule has 0 aliphatic carbocycles. The standard InChI is InChI=1S/C15H12N6O4/c16-15-19-11(14(23)20-15)7-4-5-17-13(22)12-9(7)6-2-1-3-8(21(24)25)10(6)18-12/h1-3,18H,4-5H2,(H,17,22)(H3,16,19,20,23)/b11-7-. The summed E-state index contributed by atoms with van der Waals surface area (Å²) in [6, 6.07) is 4.55. The number of amides is 2. The topological polar surface area (TPSA) is 156 Å². The molecule has 0 saturated heterocycles. The predicted octanol–water partition coefficient (Wildman–Crippen LogP) is 0.365. The number of para-hydroxylation sites is 1.